The maximum atomic E-state index is 12.0. The normalized spacial score (nSPS) is 36.1. The first-order valence-corrected chi connectivity index (χ1v) is 7.49. The van der Waals surface area contributed by atoms with Gasteiger partial charge in [-0.25, -0.2) is 0 Å². The van der Waals surface area contributed by atoms with Gasteiger partial charge in [-0.3, -0.25) is 4.79 Å². The molecule has 3 unspecified atom stereocenters. The van der Waals surface area contributed by atoms with Crippen LogP contribution in [0.15, 0.2) is 0 Å². The van der Waals surface area contributed by atoms with Crippen molar-refractivity contribution in [2.24, 2.45) is 11.3 Å². The monoisotopic (exact) mass is 288 g/mol. The van der Waals surface area contributed by atoms with Gasteiger partial charge in [0.15, 0.2) is 0 Å². The van der Waals surface area contributed by atoms with Crippen LogP contribution in [0.4, 0.5) is 0 Å². The summed E-state index contributed by atoms with van der Waals surface area (Å²) in [5.74, 6) is 0.985. The maximum absolute atomic E-state index is 12.0. The van der Waals surface area contributed by atoms with E-state index in [-0.39, 0.29) is 11.5 Å². The van der Waals surface area contributed by atoms with E-state index in [1.165, 1.54) is 19.3 Å². The number of hydrogen-bond acceptors (Lipinski definition) is 2. The Morgan fingerprint density at radius 2 is 2.31 bits per heavy atom. The Labute approximate surface area is 106 Å². The highest BCUT2D eigenvalue weighted by atomic mass is 79.9. The van der Waals surface area contributed by atoms with E-state index in [2.05, 4.69) is 15.9 Å². The highest BCUT2D eigenvalue weighted by molar-refractivity contribution is 9.09. The maximum Gasteiger partial charge on any atom is 0.139 e. The number of rotatable bonds is 4. The number of halogens is 1. The summed E-state index contributed by atoms with van der Waals surface area (Å²) in [5.41, 5.74) is 0.0150. The van der Waals surface area contributed by atoms with Crippen molar-refractivity contribution in [2.45, 2.75) is 51.0 Å². The Hall–Kier alpha value is 0.110. The molecule has 0 N–H and O–H groups in total. The van der Waals surface area contributed by atoms with E-state index in [1.807, 2.05) is 0 Å². The van der Waals surface area contributed by atoms with Crippen LogP contribution in [0.3, 0.4) is 0 Å². The molecule has 0 radical (unpaired) electrons. The average molecular weight is 289 g/mol. The Bertz CT molecular complexity index is 267. The van der Waals surface area contributed by atoms with Crippen molar-refractivity contribution in [3.8, 4) is 0 Å². The van der Waals surface area contributed by atoms with Crippen LogP contribution in [0.2, 0.25) is 0 Å². The summed E-state index contributed by atoms with van der Waals surface area (Å²) in [5, 5.41) is 0.965. The van der Waals surface area contributed by atoms with Gasteiger partial charge in [-0.1, -0.05) is 28.8 Å². The second-order valence-electron chi connectivity index (χ2n) is 5.18. The quantitative estimate of drug-likeness (QED) is 0.742. The van der Waals surface area contributed by atoms with Gasteiger partial charge in [0, 0.05) is 24.3 Å². The molecule has 0 heterocycles. The Balaban J connectivity index is 2.12. The summed E-state index contributed by atoms with van der Waals surface area (Å²) < 4.78 is 5.63. The van der Waals surface area contributed by atoms with E-state index in [0.29, 0.717) is 11.7 Å². The fourth-order valence-electron chi connectivity index (χ4n) is 3.60. The number of methoxy groups -OCH3 is 1. The molecule has 0 amide bonds. The molecule has 3 heteroatoms. The number of carbonyl (C=O) groups is 1. The Morgan fingerprint density at radius 1 is 1.50 bits per heavy atom. The fourth-order valence-corrected chi connectivity index (χ4v) is 4.05. The summed E-state index contributed by atoms with van der Waals surface area (Å²) >= 11 is 3.49. The number of ether oxygens (including phenoxy) is 1. The molecule has 0 bridgehead atoms. The lowest BCUT2D eigenvalue weighted by molar-refractivity contribution is -0.153. The van der Waals surface area contributed by atoms with E-state index >= 15 is 0 Å². The Morgan fingerprint density at radius 3 is 2.81 bits per heavy atom. The number of Topliss-reactive ketones (excluding diaryl/α,β-unsaturated/α-hetero) is 1. The van der Waals surface area contributed by atoms with Crippen LogP contribution < -0.4 is 0 Å². The van der Waals surface area contributed by atoms with Crippen molar-refractivity contribution in [1.29, 1.82) is 0 Å². The number of hydrogen-bond donors (Lipinski definition) is 0. The number of ketones is 1. The molecule has 16 heavy (non-hydrogen) atoms. The zero-order valence-corrected chi connectivity index (χ0v) is 11.6. The van der Waals surface area contributed by atoms with E-state index in [9.17, 15) is 4.79 Å². The van der Waals surface area contributed by atoms with Crippen LogP contribution in [0.5, 0.6) is 0 Å². The summed E-state index contributed by atoms with van der Waals surface area (Å²) in [6, 6.07) is 0. The zero-order chi connectivity index (χ0) is 11.6. The molecular weight excluding hydrogens is 268 g/mol. The van der Waals surface area contributed by atoms with Crippen LogP contribution in [0, 0.1) is 11.3 Å². The van der Waals surface area contributed by atoms with Crippen molar-refractivity contribution in [3.63, 3.8) is 0 Å². The molecule has 0 aromatic carbocycles. The van der Waals surface area contributed by atoms with E-state index in [1.54, 1.807) is 7.11 Å². The van der Waals surface area contributed by atoms with E-state index < -0.39 is 0 Å². The van der Waals surface area contributed by atoms with Gasteiger partial charge in [0.2, 0.25) is 0 Å². The number of alkyl halides is 1. The molecule has 0 aromatic rings. The Kier molecular flexibility index (Phi) is 4.06. The predicted octanol–water partition coefficient (Wildman–Crippen LogP) is 3.33. The lowest BCUT2D eigenvalue weighted by Crippen LogP contribution is -2.52. The first-order valence-electron chi connectivity index (χ1n) is 6.36. The first-order chi connectivity index (χ1) is 7.74. The van der Waals surface area contributed by atoms with Gasteiger partial charge in [-0.05, 0) is 31.6 Å². The third kappa shape index (κ3) is 1.97. The van der Waals surface area contributed by atoms with Gasteiger partial charge in [-0.15, -0.1) is 0 Å². The predicted molar refractivity (Wildman–Crippen MR) is 67.8 cm³/mol. The summed E-state index contributed by atoms with van der Waals surface area (Å²) in [7, 11) is 1.79. The minimum Gasteiger partial charge on any atom is -0.381 e. The molecule has 1 spiro atoms. The van der Waals surface area contributed by atoms with Gasteiger partial charge in [0.05, 0.1) is 6.10 Å². The van der Waals surface area contributed by atoms with Gasteiger partial charge >= 0.3 is 0 Å². The molecule has 0 saturated heterocycles. The standard InChI is InChI=1S/C13H21BrO2/c1-16-11(6-9-14)10-4-2-3-7-13(10)8-5-12(13)15/h10-11H,2-9H2,1H3. The third-order valence-electron chi connectivity index (χ3n) is 4.60. The van der Waals surface area contributed by atoms with Crippen LogP contribution in [-0.2, 0) is 9.53 Å². The van der Waals surface area contributed by atoms with Gasteiger partial charge < -0.3 is 4.74 Å². The number of carbonyl (C=O) groups excluding carboxylic acids is 1. The van der Waals surface area contributed by atoms with Crippen molar-refractivity contribution in [1.82, 2.24) is 0 Å². The molecule has 2 fully saturated rings. The van der Waals surface area contributed by atoms with Crippen molar-refractivity contribution in [3.05, 3.63) is 0 Å². The van der Waals surface area contributed by atoms with Crippen LogP contribution in [0.1, 0.15) is 44.9 Å². The minimum atomic E-state index is 0.0150. The molecule has 2 aliphatic carbocycles. The zero-order valence-electron chi connectivity index (χ0n) is 10.0. The molecule has 2 aliphatic rings. The average Bonchev–Trinajstić information content (AvgIpc) is 2.34. The van der Waals surface area contributed by atoms with Gasteiger partial charge in [0.25, 0.3) is 0 Å². The summed E-state index contributed by atoms with van der Waals surface area (Å²) in [6.45, 7) is 0. The SMILES string of the molecule is COC(CCBr)C1CCCCC12CCC2=O. The van der Waals surface area contributed by atoms with Gasteiger partial charge in [0.1, 0.15) is 5.78 Å². The lowest BCUT2D eigenvalue weighted by Gasteiger charge is -2.51. The van der Waals surface area contributed by atoms with Crippen LogP contribution in [0.25, 0.3) is 0 Å². The highest BCUT2D eigenvalue weighted by Crippen LogP contribution is 2.54. The molecular formula is C13H21BrO2. The fraction of sp³-hybridized carbons (Fsp3) is 0.923. The smallest absolute Gasteiger partial charge is 0.139 e. The minimum absolute atomic E-state index is 0.0150. The van der Waals surface area contributed by atoms with Gasteiger partial charge in [-0.2, -0.15) is 0 Å². The molecule has 0 aliphatic heterocycles. The molecule has 2 rings (SSSR count). The van der Waals surface area contributed by atoms with Crippen LogP contribution in [-0.4, -0.2) is 24.3 Å². The molecule has 0 aromatic heterocycles. The molecule has 2 nitrogen and oxygen atoms in total. The van der Waals surface area contributed by atoms with E-state index in [0.717, 1.165) is 31.0 Å². The third-order valence-corrected chi connectivity index (χ3v) is 5.05. The first kappa shape index (κ1) is 12.6. The van der Waals surface area contributed by atoms with Crippen molar-refractivity contribution >= 4 is 21.7 Å². The van der Waals surface area contributed by atoms with Crippen molar-refractivity contribution in [2.75, 3.05) is 12.4 Å². The topological polar surface area (TPSA) is 26.3 Å². The molecule has 92 valence electrons. The second-order valence-corrected chi connectivity index (χ2v) is 5.98. The largest absolute Gasteiger partial charge is 0.381 e. The second kappa shape index (κ2) is 5.18. The van der Waals surface area contributed by atoms with Crippen molar-refractivity contribution < 1.29 is 9.53 Å². The highest BCUT2D eigenvalue weighted by Gasteiger charge is 2.54. The summed E-state index contributed by atoms with van der Waals surface area (Å²) in [6.07, 6.45) is 7.99. The molecule has 3 atom stereocenters. The molecule has 2 saturated carbocycles. The van der Waals surface area contributed by atoms with Crippen LogP contribution >= 0.6 is 15.9 Å². The van der Waals surface area contributed by atoms with E-state index in [4.69, 9.17) is 4.74 Å². The summed E-state index contributed by atoms with van der Waals surface area (Å²) in [4.78, 5) is 12.0. The lowest BCUT2D eigenvalue weighted by atomic mass is 9.53.